The van der Waals surface area contributed by atoms with Gasteiger partial charge < -0.3 is 25.8 Å². The summed E-state index contributed by atoms with van der Waals surface area (Å²) in [5, 5.41) is 5.15. The molecule has 0 fully saturated rings. The first-order valence-corrected chi connectivity index (χ1v) is 10.0. The molecule has 2 amide bonds. The van der Waals surface area contributed by atoms with E-state index < -0.39 is 41.0 Å². The van der Waals surface area contributed by atoms with E-state index in [1.807, 2.05) is 0 Å². The van der Waals surface area contributed by atoms with E-state index in [0.29, 0.717) is 18.7 Å². The van der Waals surface area contributed by atoms with E-state index in [9.17, 15) is 19.2 Å². The van der Waals surface area contributed by atoms with Crippen LogP contribution in [0.1, 0.15) is 53.5 Å². The summed E-state index contributed by atoms with van der Waals surface area (Å²) in [7, 11) is 0. The number of hydrogen-bond acceptors (Lipinski definition) is 7. The van der Waals surface area contributed by atoms with Crippen LogP contribution in [-0.2, 0) is 35.1 Å². The van der Waals surface area contributed by atoms with Crippen LogP contribution in [0.4, 0.5) is 5.69 Å². The van der Waals surface area contributed by atoms with Gasteiger partial charge in [-0.1, -0.05) is 12.1 Å². The molecule has 1 atom stereocenters. The van der Waals surface area contributed by atoms with Crippen molar-refractivity contribution in [3.63, 3.8) is 0 Å². The standard InChI is InChI=1S/C22H33N3O6/c1-21(2,3)30-17(26)13-16(23)18(27)24-12-11-14-7-9-15(10-8-14)25-19(28)20(29)31-22(4,5)6/h7-10,16H,11-13,23H2,1-6H3,(H,24,27)(H,25,28)/t16-/m0/s1. The van der Waals surface area contributed by atoms with E-state index in [1.54, 1.807) is 65.8 Å². The Morgan fingerprint density at radius 2 is 1.48 bits per heavy atom. The van der Waals surface area contributed by atoms with E-state index in [1.165, 1.54) is 0 Å². The normalized spacial score (nSPS) is 12.5. The Kier molecular flexibility index (Phi) is 9.18. The molecule has 1 aromatic rings. The molecular formula is C22H33N3O6. The van der Waals surface area contributed by atoms with E-state index in [-0.39, 0.29) is 6.42 Å². The van der Waals surface area contributed by atoms with Crippen molar-refractivity contribution in [1.29, 1.82) is 0 Å². The van der Waals surface area contributed by atoms with Crippen LogP contribution in [0, 0.1) is 0 Å². The predicted octanol–water partition coefficient (Wildman–Crippen LogP) is 1.68. The predicted molar refractivity (Wildman–Crippen MR) is 116 cm³/mol. The third-order valence-corrected chi connectivity index (χ3v) is 3.65. The summed E-state index contributed by atoms with van der Waals surface area (Å²) in [6, 6.07) is 5.83. The van der Waals surface area contributed by atoms with Gasteiger partial charge in [-0.2, -0.15) is 0 Å². The molecule has 0 saturated heterocycles. The third-order valence-electron chi connectivity index (χ3n) is 3.65. The Hall–Kier alpha value is -2.94. The van der Waals surface area contributed by atoms with Crippen molar-refractivity contribution in [3.8, 4) is 0 Å². The van der Waals surface area contributed by atoms with Gasteiger partial charge in [-0.3, -0.25) is 14.4 Å². The van der Waals surface area contributed by atoms with E-state index in [4.69, 9.17) is 15.2 Å². The number of rotatable bonds is 7. The van der Waals surface area contributed by atoms with Crippen molar-refractivity contribution < 1.29 is 28.7 Å². The molecule has 0 aliphatic carbocycles. The molecule has 0 heterocycles. The molecule has 0 spiro atoms. The first-order valence-electron chi connectivity index (χ1n) is 10.0. The summed E-state index contributed by atoms with van der Waals surface area (Å²) in [6.07, 6.45) is 0.320. The van der Waals surface area contributed by atoms with Gasteiger partial charge >= 0.3 is 17.8 Å². The highest BCUT2D eigenvalue weighted by Crippen LogP contribution is 2.12. The first-order chi connectivity index (χ1) is 14.2. The largest absolute Gasteiger partial charge is 0.460 e. The van der Waals surface area contributed by atoms with Gasteiger partial charge in [-0.15, -0.1) is 0 Å². The van der Waals surface area contributed by atoms with Crippen LogP contribution in [-0.4, -0.2) is 47.5 Å². The lowest BCUT2D eigenvalue weighted by atomic mass is 10.1. The van der Waals surface area contributed by atoms with Gasteiger partial charge in [-0.25, -0.2) is 4.79 Å². The molecule has 31 heavy (non-hydrogen) atoms. The average Bonchev–Trinajstić information content (AvgIpc) is 2.59. The molecule has 0 aliphatic rings. The zero-order valence-electron chi connectivity index (χ0n) is 19.0. The molecule has 0 radical (unpaired) electrons. The number of nitrogens with two attached hydrogens (primary N) is 1. The minimum atomic E-state index is -0.986. The fourth-order valence-electron chi connectivity index (χ4n) is 2.38. The lowest BCUT2D eigenvalue weighted by Crippen LogP contribution is -2.43. The molecule has 0 saturated carbocycles. The summed E-state index contributed by atoms with van der Waals surface area (Å²) in [4.78, 5) is 47.4. The summed E-state index contributed by atoms with van der Waals surface area (Å²) in [5.74, 6) is -2.78. The van der Waals surface area contributed by atoms with Crippen molar-refractivity contribution >= 4 is 29.4 Å². The first kappa shape index (κ1) is 26.1. The quantitative estimate of drug-likeness (QED) is 0.438. The number of anilines is 1. The van der Waals surface area contributed by atoms with Gasteiger partial charge in [-0.05, 0) is 65.7 Å². The lowest BCUT2D eigenvalue weighted by molar-refractivity contribution is -0.161. The summed E-state index contributed by atoms with van der Waals surface area (Å²) in [6.45, 7) is 10.6. The Morgan fingerprint density at radius 1 is 0.935 bits per heavy atom. The van der Waals surface area contributed by atoms with Crippen LogP contribution >= 0.6 is 0 Å². The minimum absolute atomic E-state index is 0.199. The summed E-state index contributed by atoms with van der Waals surface area (Å²) >= 11 is 0. The van der Waals surface area contributed by atoms with Gasteiger partial charge in [0.1, 0.15) is 11.2 Å². The second-order valence-corrected chi connectivity index (χ2v) is 9.09. The van der Waals surface area contributed by atoms with Crippen LogP contribution in [0.25, 0.3) is 0 Å². The molecule has 0 aromatic heterocycles. The summed E-state index contributed by atoms with van der Waals surface area (Å²) < 4.78 is 10.2. The SMILES string of the molecule is CC(C)(C)OC(=O)C[C@H](N)C(=O)NCCc1ccc(NC(=O)C(=O)OC(C)(C)C)cc1. The van der Waals surface area contributed by atoms with Gasteiger partial charge in [0.05, 0.1) is 12.5 Å². The van der Waals surface area contributed by atoms with Gasteiger partial charge in [0, 0.05) is 12.2 Å². The van der Waals surface area contributed by atoms with Crippen LogP contribution in [0.5, 0.6) is 0 Å². The second-order valence-electron chi connectivity index (χ2n) is 9.09. The highest BCUT2D eigenvalue weighted by Gasteiger charge is 2.23. The molecule has 172 valence electrons. The van der Waals surface area contributed by atoms with Crippen molar-refractivity contribution in [1.82, 2.24) is 5.32 Å². The number of esters is 2. The van der Waals surface area contributed by atoms with Gasteiger partial charge in [0.15, 0.2) is 0 Å². The number of hydrogen-bond donors (Lipinski definition) is 3. The van der Waals surface area contributed by atoms with Gasteiger partial charge in [0.25, 0.3) is 0 Å². The topological polar surface area (TPSA) is 137 Å². The van der Waals surface area contributed by atoms with Crippen molar-refractivity contribution in [3.05, 3.63) is 29.8 Å². The molecule has 0 unspecified atom stereocenters. The van der Waals surface area contributed by atoms with Crippen molar-refractivity contribution in [2.45, 2.75) is 71.6 Å². The van der Waals surface area contributed by atoms with Crippen LogP contribution in [0.15, 0.2) is 24.3 Å². The van der Waals surface area contributed by atoms with Crippen molar-refractivity contribution in [2.75, 3.05) is 11.9 Å². The number of amides is 2. The highest BCUT2D eigenvalue weighted by atomic mass is 16.6. The molecule has 1 aromatic carbocycles. The Labute approximate surface area is 183 Å². The molecule has 9 nitrogen and oxygen atoms in total. The van der Waals surface area contributed by atoms with Crippen LogP contribution in [0.3, 0.4) is 0 Å². The van der Waals surface area contributed by atoms with Crippen LogP contribution < -0.4 is 16.4 Å². The Balaban J connectivity index is 2.43. The summed E-state index contributed by atoms with van der Waals surface area (Å²) in [5.41, 5.74) is 5.72. The molecule has 0 bridgehead atoms. The molecule has 0 aliphatic heterocycles. The fourth-order valence-corrected chi connectivity index (χ4v) is 2.38. The monoisotopic (exact) mass is 435 g/mol. The third kappa shape index (κ3) is 11.1. The smallest absolute Gasteiger partial charge is 0.397 e. The lowest BCUT2D eigenvalue weighted by Gasteiger charge is -2.20. The fraction of sp³-hybridized carbons (Fsp3) is 0.545. The molecule has 4 N–H and O–H groups in total. The molecular weight excluding hydrogens is 402 g/mol. The highest BCUT2D eigenvalue weighted by molar-refractivity contribution is 6.37. The number of carbonyl (C=O) groups excluding carboxylic acids is 4. The maximum Gasteiger partial charge on any atom is 0.397 e. The zero-order valence-corrected chi connectivity index (χ0v) is 19.0. The Bertz CT molecular complexity index is 791. The average molecular weight is 436 g/mol. The number of benzene rings is 1. The van der Waals surface area contributed by atoms with Gasteiger partial charge in [0.2, 0.25) is 5.91 Å². The maximum absolute atomic E-state index is 12.0. The molecule has 1 rings (SSSR count). The Morgan fingerprint density at radius 3 is 2.00 bits per heavy atom. The van der Waals surface area contributed by atoms with E-state index >= 15 is 0 Å². The minimum Gasteiger partial charge on any atom is -0.460 e. The van der Waals surface area contributed by atoms with E-state index in [0.717, 1.165) is 5.56 Å². The van der Waals surface area contributed by atoms with Crippen LogP contribution in [0.2, 0.25) is 0 Å². The number of nitrogens with one attached hydrogen (secondary N) is 2. The number of ether oxygens (including phenoxy) is 2. The maximum atomic E-state index is 12.0. The molecule has 9 heteroatoms. The second kappa shape index (κ2) is 10.9. The van der Waals surface area contributed by atoms with E-state index in [2.05, 4.69) is 10.6 Å². The van der Waals surface area contributed by atoms with Crippen molar-refractivity contribution in [2.24, 2.45) is 5.73 Å². The number of carbonyl (C=O) groups is 4. The zero-order chi connectivity index (χ0) is 23.8.